The van der Waals surface area contributed by atoms with E-state index < -0.39 is 15.8 Å². The molecule has 1 rings (SSSR count). The molecule has 20 heavy (non-hydrogen) atoms. The molecule has 1 N–H and O–H groups in total. The van der Waals surface area contributed by atoms with E-state index in [1.165, 1.54) is 17.0 Å². The lowest BCUT2D eigenvalue weighted by Crippen LogP contribution is -2.24. The van der Waals surface area contributed by atoms with Crippen LogP contribution in [0.2, 0.25) is 0 Å². The summed E-state index contributed by atoms with van der Waals surface area (Å²) in [6.45, 7) is 1.59. The van der Waals surface area contributed by atoms with Crippen molar-refractivity contribution < 1.29 is 23.1 Å². The molecule has 0 bridgehead atoms. The molecule has 1 aromatic carbocycles. The van der Waals surface area contributed by atoms with Crippen LogP contribution in [0.15, 0.2) is 23.1 Å². The van der Waals surface area contributed by atoms with Crippen LogP contribution >= 0.6 is 0 Å². The summed E-state index contributed by atoms with van der Waals surface area (Å²) in [5.41, 5.74) is 0.436. The molecule has 0 aliphatic heterocycles. The van der Waals surface area contributed by atoms with Gasteiger partial charge < -0.3 is 10.0 Å². The van der Waals surface area contributed by atoms with Crippen LogP contribution in [0, 0.1) is 6.92 Å². The summed E-state index contributed by atoms with van der Waals surface area (Å²) >= 11 is 0. The summed E-state index contributed by atoms with van der Waals surface area (Å²) in [5, 5.41) is 8.99. The zero-order valence-corrected chi connectivity index (χ0v) is 12.4. The van der Waals surface area contributed by atoms with Crippen molar-refractivity contribution in [3.05, 3.63) is 29.3 Å². The van der Waals surface area contributed by atoms with Gasteiger partial charge in [-0.25, -0.2) is 13.2 Å². The molecule has 0 atom stereocenters. The van der Waals surface area contributed by atoms with Gasteiger partial charge in [-0.05, 0) is 24.6 Å². The Labute approximate surface area is 117 Å². The molecule has 0 saturated carbocycles. The SMILES string of the molecule is Cc1ccc(S(=O)(=O)CCC(=O)N(C)C)cc1C(=O)O. The topological polar surface area (TPSA) is 91.8 Å². The van der Waals surface area contributed by atoms with Crippen molar-refractivity contribution in [2.24, 2.45) is 0 Å². The summed E-state index contributed by atoms with van der Waals surface area (Å²) in [4.78, 5) is 23.7. The second-order valence-corrected chi connectivity index (χ2v) is 6.75. The molecule has 0 aliphatic rings. The van der Waals surface area contributed by atoms with E-state index in [9.17, 15) is 18.0 Å². The van der Waals surface area contributed by atoms with Gasteiger partial charge in [-0.1, -0.05) is 6.07 Å². The number of carboxylic acid groups (broad SMARTS) is 1. The quantitative estimate of drug-likeness (QED) is 0.873. The van der Waals surface area contributed by atoms with Gasteiger partial charge in [0, 0.05) is 20.5 Å². The summed E-state index contributed by atoms with van der Waals surface area (Å²) in [5.74, 6) is -1.81. The first-order valence-corrected chi connectivity index (χ1v) is 7.57. The van der Waals surface area contributed by atoms with E-state index in [1.54, 1.807) is 21.0 Å². The minimum Gasteiger partial charge on any atom is -0.478 e. The second-order valence-electron chi connectivity index (χ2n) is 4.64. The monoisotopic (exact) mass is 299 g/mol. The van der Waals surface area contributed by atoms with Gasteiger partial charge >= 0.3 is 5.97 Å². The van der Waals surface area contributed by atoms with E-state index in [2.05, 4.69) is 0 Å². The Morgan fingerprint density at radius 1 is 1.25 bits per heavy atom. The summed E-state index contributed by atoms with van der Waals surface area (Å²) in [7, 11) is -0.582. The van der Waals surface area contributed by atoms with Gasteiger partial charge in [0.2, 0.25) is 5.91 Å². The van der Waals surface area contributed by atoms with E-state index in [1.807, 2.05) is 0 Å². The first-order chi connectivity index (χ1) is 9.15. The normalized spacial score (nSPS) is 11.2. The molecule has 7 heteroatoms. The highest BCUT2D eigenvalue weighted by Crippen LogP contribution is 2.17. The van der Waals surface area contributed by atoms with Crippen molar-refractivity contribution in [2.45, 2.75) is 18.2 Å². The molecule has 0 spiro atoms. The Balaban J connectivity index is 3.02. The predicted octanol–water partition coefficient (Wildman–Crippen LogP) is 0.945. The van der Waals surface area contributed by atoms with Crippen LogP contribution in [0.1, 0.15) is 22.3 Å². The molecule has 0 heterocycles. The maximum absolute atomic E-state index is 12.1. The van der Waals surface area contributed by atoms with Crippen molar-refractivity contribution in [1.29, 1.82) is 0 Å². The first-order valence-electron chi connectivity index (χ1n) is 5.92. The number of rotatable bonds is 5. The van der Waals surface area contributed by atoms with Crippen LogP contribution in [-0.2, 0) is 14.6 Å². The lowest BCUT2D eigenvalue weighted by Gasteiger charge is -2.11. The Bertz CT molecular complexity index is 634. The van der Waals surface area contributed by atoms with Crippen LogP contribution in [-0.4, -0.2) is 50.1 Å². The smallest absolute Gasteiger partial charge is 0.335 e. The van der Waals surface area contributed by atoms with Crippen molar-refractivity contribution in [2.75, 3.05) is 19.8 Å². The molecule has 0 aromatic heterocycles. The molecule has 0 saturated heterocycles. The Hall–Kier alpha value is -1.89. The number of aromatic carboxylic acids is 1. The van der Waals surface area contributed by atoms with Crippen LogP contribution in [0.4, 0.5) is 0 Å². The van der Waals surface area contributed by atoms with Gasteiger partial charge in [0.1, 0.15) is 0 Å². The van der Waals surface area contributed by atoms with E-state index in [4.69, 9.17) is 5.11 Å². The molecular formula is C13H17NO5S. The highest BCUT2D eigenvalue weighted by molar-refractivity contribution is 7.91. The minimum atomic E-state index is -3.67. The molecular weight excluding hydrogens is 282 g/mol. The van der Waals surface area contributed by atoms with Crippen LogP contribution in [0.5, 0.6) is 0 Å². The summed E-state index contributed by atoms with van der Waals surface area (Å²) < 4.78 is 24.2. The molecule has 0 unspecified atom stereocenters. The van der Waals surface area contributed by atoms with Gasteiger partial charge in [0.15, 0.2) is 9.84 Å². The lowest BCUT2D eigenvalue weighted by molar-refractivity contribution is -0.128. The number of carboxylic acids is 1. The average Bonchev–Trinajstić information content (AvgIpc) is 2.35. The zero-order chi connectivity index (χ0) is 15.5. The van der Waals surface area contributed by atoms with E-state index in [-0.39, 0.29) is 28.5 Å². The van der Waals surface area contributed by atoms with Gasteiger partial charge in [0.25, 0.3) is 0 Å². The third-order valence-corrected chi connectivity index (χ3v) is 4.60. The lowest BCUT2D eigenvalue weighted by atomic mass is 10.1. The first kappa shape index (κ1) is 16.2. The van der Waals surface area contributed by atoms with Gasteiger partial charge in [-0.15, -0.1) is 0 Å². The minimum absolute atomic E-state index is 0.0509. The van der Waals surface area contributed by atoms with Crippen molar-refractivity contribution in [3.63, 3.8) is 0 Å². The summed E-state index contributed by atoms with van der Waals surface area (Å²) in [6.07, 6.45) is -0.133. The number of hydrogen-bond donors (Lipinski definition) is 1. The van der Waals surface area contributed by atoms with E-state index >= 15 is 0 Å². The van der Waals surface area contributed by atoms with Crippen LogP contribution in [0.25, 0.3) is 0 Å². The third kappa shape index (κ3) is 3.80. The number of carbonyl (C=O) groups is 2. The maximum atomic E-state index is 12.1. The van der Waals surface area contributed by atoms with Gasteiger partial charge in [-0.2, -0.15) is 0 Å². The maximum Gasteiger partial charge on any atom is 0.335 e. The van der Waals surface area contributed by atoms with Crippen LogP contribution in [0.3, 0.4) is 0 Å². The second kappa shape index (κ2) is 6.04. The molecule has 0 radical (unpaired) electrons. The molecule has 1 amide bonds. The molecule has 0 fully saturated rings. The Morgan fingerprint density at radius 2 is 1.85 bits per heavy atom. The molecule has 1 aromatic rings. The number of carbonyl (C=O) groups excluding carboxylic acids is 1. The predicted molar refractivity (Wildman–Crippen MR) is 73.5 cm³/mol. The Morgan fingerprint density at radius 3 is 2.35 bits per heavy atom. The molecule has 0 aliphatic carbocycles. The van der Waals surface area contributed by atoms with Crippen molar-refractivity contribution in [1.82, 2.24) is 4.90 Å². The fraction of sp³-hybridized carbons (Fsp3) is 0.385. The standard InChI is InChI=1S/C13H17NO5S/c1-9-4-5-10(8-11(9)13(16)17)20(18,19)7-6-12(15)14(2)3/h4-5,8H,6-7H2,1-3H3,(H,16,17). The molecule has 110 valence electrons. The number of benzene rings is 1. The Kier molecular flexibility index (Phi) is 4.88. The van der Waals surface area contributed by atoms with E-state index in [0.717, 1.165) is 6.07 Å². The molecule has 6 nitrogen and oxygen atoms in total. The fourth-order valence-corrected chi connectivity index (χ4v) is 2.84. The highest BCUT2D eigenvalue weighted by Gasteiger charge is 2.19. The highest BCUT2D eigenvalue weighted by atomic mass is 32.2. The zero-order valence-electron chi connectivity index (χ0n) is 11.6. The number of amides is 1. The van der Waals surface area contributed by atoms with Gasteiger partial charge in [0.05, 0.1) is 16.2 Å². The van der Waals surface area contributed by atoms with Crippen molar-refractivity contribution in [3.8, 4) is 0 Å². The van der Waals surface area contributed by atoms with Gasteiger partial charge in [-0.3, -0.25) is 4.79 Å². The fourth-order valence-electron chi connectivity index (χ4n) is 1.59. The number of aryl methyl sites for hydroxylation is 1. The largest absolute Gasteiger partial charge is 0.478 e. The number of nitrogens with zero attached hydrogens (tertiary/aromatic N) is 1. The van der Waals surface area contributed by atoms with E-state index in [0.29, 0.717) is 5.56 Å². The van der Waals surface area contributed by atoms with Crippen molar-refractivity contribution >= 4 is 21.7 Å². The number of hydrogen-bond acceptors (Lipinski definition) is 4. The summed E-state index contributed by atoms with van der Waals surface area (Å²) in [6, 6.07) is 3.94. The number of sulfone groups is 1. The van der Waals surface area contributed by atoms with Crippen LogP contribution < -0.4 is 0 Å². The average molecular weight is 299 g/mol. The third-order valence-electron chi connectivity index (χ3n) is 2.88.